The van der Waals surface area contributed by atoms with Gasteiger partial charge in [-0.25, -0.2) is 0 Å². The molecule has 1 spiro atoms. The minimum atomic E-state index is -1.75. The van der Waals surface area contributed by atoms with Crippen molar-refractivity contribution in [3.05, 3.63) is 12.2 Å². The number of esters is 3. The van der Waals surface area contributed by atoms with Crippen LogP contribution in [0.4, 0.5) is 0 Å². The van der Waals surface area contributed by atoms with Gasteiger partial charge in [0.2, 0.25) is 12.4 Å². The zero-order valence-electron chi connectivity index (χ0n) is 28.9. The van der Waals surface area contributed by atoms with Gasteiger partial charge < -0.3 is 54.0 Å². The molecule has 2 saturated heterocycles. The maximum absolute atomic E-state index is 14.5. The van der Waals surface area contributed by atoms with Crippen molar-refractivity contribution in [2.24, 2.45) is 34.0 Å². The summed E-state index contributed by atoms with van der Waals surface area (Å²) in [7, 11) is 0. The summed E-state index contributed by atoms with van der Waals surface area (Å²) in [6.45, 7) is 9.07. The first kappa shape index (κ1) is 37.3. The summed E-state index contributed by atoms with van der Waals surface area (Å²) in [5.74, 6) is -3.40. The van der Waals surface area contributed by atoms with E-state index in [1.165, 1.54) is 0 Å². The van der Waals surface area contributed by atoms with E-state index < -0.39 is 115 Å². The molecule has 2 bridgehead atoms. The van der Waals surface area contributed by atoms with Gasteiger partial charge in [0.15, 0.2) is 12.4 Å². The molecular formula is C35H50O15. The van der Waals surface area contributed by atoms with Gasteiger partial charge in [-0.05, 0) is 61.7 Å². The van der Waals surface area contributed by atoms with Crippen LogP contribution in [0.5, 0.6) is 0 Å². The summed E-state index contributed by atoms with van der Waals surface area (Å²) in [5.41, 5.74) is -1.26. The average Bonchev–Trinajstić information content (AvgIpc) is 3.02. The van der Waals surface area contributed by atoms with Crippen molar-refractivity contribution in [1.82, 2.24) is 0 Å². The lowest BCUT2D eigenvalue weighted by Gasteiger charge is -2.68. The highest BCUT2D eigenvalue weighted by Gasteiger charge is 2.70. The number of carbonyl (C=O) groups is 4. The van der Waals surface area contributed by atoms with Gasteiger partial charge in [0.25, 0.3) is 0 Å². The summed E-state index contributed by atoms with van der Waals surface area (Å²) < 4.78 is 34.4. The molecule has 50 heavy (non-hydrogen) atoms. The number of hydrogen-bond donors (Lipinski definition) is 5. The highest BCUT2D eigenvalue weighted by atomic mass is 16.8. The number of carbonyl (C=O) groups excluding carboxylic acids is 4. The lowest BCUT2D eigenvalue weighted by molar-refractivity contribution is -0.346. The first-order valence-electron chi connectivity index (χ1n) is 17.5. The Morgan fingerprint density at radius 2 is 1.56 bits per heavy atom. The summed E-state index contributed by atoms with van der Waals surface area (Å²) in [6.07, 6.45) is -10.8. The van der Waals surface area contributed by atoms with E-state index in [0.717, 1.165) is 25.8 Å². The highest BCUT2D eigenvalue weighted by molar-refractivity contribution is 5.88. The molecule has 2 aliphatic heterocycles. The van der Waals surface area contributed by atoms with Gasteiger partial charge in [-0.3, -0.25) is 19.2 Å². The second kappa shape index (κ2) is 13.5. The third kappa shape index (κ3) is 6.00. The first-order chi connectivity index (χ1) is 23.5. The molecule has 7 rings (SSSR count). The van der Waals surface area contributed by atoms with Gasteiger partial charge in [-0.1, -0.05) is 25.5 Å². The van der Waals surface area contributed by atoms with Crippen molar-refractivity contribution < 1.29 is 73.1 Å². The predicted octanol–water partition coefficient (Wildman–Crippen LogP) is 0.0533. The van der Waals surface area contributed by atoms with Crippen LogP contribution >= 0.6 is 0 Å². The van der Waals surface area contributed by atoms with Crippen LogP contribution in [0.1, 0.15) is 72.6 Å². The number of fused-ring (bicyclic) bond motifs is 3. The van der Waals surface area contributed by atoms with E-state index >= 15 is 0 Å². The Hall–Kier alpha value is -2.50. The van der Waals surface area contributed by atoms with Crippen LogP contribution in [0.25, 0.3) is 0 Å². The quantitative estimate of drug-likeness (QED) is 0.134. The van der Waals surface area contributed by atoms with Gasteiger partial charge in [0, 0.05) is 20.3 Å². The summed E-state index contributed by atoms with van der Waals surface area (Å²) >= 11 is 0. The van der Waals surface area contributed by atoms with Crippen molar-refractivity contribution in [1.29, 1.82) is 0 Å². The van der Waals surface area contributed by atoms with E-state index in [0.29, 0.717) is 38.5 Å². The van der Waals surface area contributed by atoms with E-state index in [1.54, 1.807) is 0 Å². The number of hydrogen-bond acceptors (Lipinski definition) is 15. The molecule has 0 aromatic rings. The fourth-order valence-electron chi connectivity index (χ4n) is 10.8. The molecule has 16 atom stereocenters. The fraction of sp³-hybridized carbons (Fsp3) is 0.829. The normalized spacial score (nSPS) is 48.6. The predicted molar refractivity (Wildman–Crippen MR) is 167 cm³/mol. The Kier molecular flexibility index (Phi) is 10.0. The number of ether oxygens (including phenoxy) is 6. The Morgan fingerprint density at radius 1 is 0.880 bits per heavy atom. The van der Waals surface area contributed by atoms with E-state index in [4.69, 9.17) is 28.4 Å². The van der Waals surface area contributed by atoms with Crippen molar-refractivity contribution in [2.75, 3.05) is 13.2 Å². The SMILES string of the molecule is C=C1C[C@@]23CC[C@H]4[C@@](C)(CCC[C@@]4(C)C(=O)O[C@@H]4O[C@H](CO)[C@@H](O[C@@H]5OC[C@H](O)[C@H](O)[C@H]5O)[C@H](OC(C)=O)[C@H]4OC(C)=O)[C@@H]2[C@@H](O)[C@@H]1C(=O)C3. The zero-order valence-corrected chi connectivity index (χ0v) is 28.9. The molecule has 2 heterocycles. The average molecular weight is 711 g/mol. The van der Waals surface area contributed by atoms with Crippen LogP contribution in [0.3, 0.4) is 0 Å². The van der Waals surface area contributed by atoms with Crippen LogP contribution < -0.4 is 0 Å². The molecule has 0 unspecified atom stereocenters. The lowest BCUT2D eigenvalue weighted by Crippen LogP contribution is -2.68. The Bertz CT molecular complexity index is 1370. The molecule has 280 valence electrons. The number of rotatable bonds is 7. The topological polar surface area (TPSA) is 225 Å². The third-order valence-corrected chi connectivity index (χ3v) is 12.7. The zero-order chi connectivity index (χ0) is 36.5. The number of ketones is 1. The second-order valence-corrected chi connectivity index (χ2v) is 15.8. The standard InChI is InChI=1S/C35H50O15/c1-15-11-35-10-7-21-33(4,29(35)24(42)22(15)18(39)12-35)8-6-9-34(21,5)32(44)50-31-28(47-17(3)38)27(46-16(2)37)26(20(13-36)48-31)49-30-25(43)23(41)19(40)14-45-30/h19-31,36,40-43H,1,6-14H2,2-5H3/t19-,20+,21-,22-,23-,24-,25+,26+,27-,28+,29-,30-,31-,33+,34+,35+/m0/s1. The Morgan fingerprint density at radius 3 is 2.20 bits per heavy atom. The van der Waals surface area contributed by atoms with Gasteiger partial charge in [0.05, 0.1) is 30.7 Å². The smallest absolute Gasteiger partial charge is 0.314 e. The fourth-order valence-corrected chi connectivity index (χ4v) is 10.8. The molecule has 5 saturated carbocycles. The van der Waals surface area contributed by atoms with E-state index in [1.807, 2.05) is 6.92 Å². The molecule has 0 aromatic carbocycles. The maximum atomic E-state index is 14.5. The minimum Gasteiger partial charge on any atom is -0.455 e. The van der Waals surface area contributed by atoms with Gasteiger partial charge in [-0.15, -0.1) is 0 Å². The first-order valence-corrected chi connectivity index (χ1v) is 17.5. The molecule has 5 aliphatic carbocycles. The number of Topliss-reactive ketones (excluding diaryl/α,β-unsaturated/α-hetero) is 1. The summed E-state index contributed by atoms with van der Waals surface area (Å²) in [5, 5.41) is 52.7. The summed E-state index contributed by atoms with van der Waals surface area (Å²) in [6, 6.07) is 0. The Labute approximate surface area is 290 Å². The second-order valence-electron chi connectivity index (χ2n) is 15.8. The molecule has 7 fully saturated rings. The van der Waals surface area contributed by atoms with Crippen molar-refractivity contribution in [2.45, 2.75) is 134 Å². The van der Waals surface area contributed by atoms with Crippen LogP contribution in [0.15, 0.2) is 12.2 Å². The monoisotopic (exact) mass is 710 g/mol. The molecule has 0 aromatic heterocycles. The van der Waals surface area contributed by atoms with Gasteiger partial charge in [0.1, 0.15) is 36.3 Å². The van der Waals surface area contributed by atoms with E-state index in [2.05, 4.69) is 13.5 Å². The molecule has 15 heteroatoms. The molecular weight excluding hydrogens is 660 g/mol. The van der Waals surface area contributed by atoms with Crippen molar-refractivity contribution >= 4 is 23.7 Å². The molecule has 5 N–H and O–H groups in total. The number of aliphatic hydroxyl groups is 5. The lowest BCUT2D eigenvalue weighted by atomic mass is 9.36. The Balaban J connectivity index is 1.28. The van der Waals surface area contributed by atoms with Crippen molar-refractivity contribution in [3.63, 3.8) is 0 Å². The minimum absolute atomic E-state index is 0.0253. The van der Waals surface area contributed by atoms with Crippen LogP contribution in [-0.4, -0.2) is 124 Å². The summed E-state index contributed by atoms with van der Waals surface area (Å²) in [4.78, 5) is 52.3. The third-order valence-electron chi connectivity index (χ3n) is 12.7. The molecule has 0 amide bonds. The van der Waals surface area contributed by atoms with Gasteiger partial charge in [-0.2, -0.15) is 0 Å². The number of aliphatic hydroxyl groups excluding tert-OH is 5. The van der Waals surface area contributed by atoms with Crippen molar-refractivity contribution in [3.8, 4) is 0 Å². The maximum Gasteiger partial charge on any atom is 0.314 e. The van der Waals surface area contributed by atoms with Crippen LogP contribution in [0.2, 0.25) is 0 Å². The highest BCUT2D eigenvalue weighted by Crippen LogP contribution is 2.71. The molecule has 7 aliphatic rings. The van der Waals surface area contributed by atoms with E-state index in [-0.39, 0.29) is 17.6 Å². The molecule has 0 radical (unpaired) electrons. The van der Waals surface area contributed by atoms with E-state index in [9.17, 15) is 44.7 Å². The van der Waals surface area contributed by atoms with Gasteiger partial charge >= 0.3 is 17.9 Å². The largest absolute Gasteiger partial charge is 0.455 e. The van der Waals surface area contributed by atoms with Crippen LogP contribution in [-0.2, 0) is 47.6 Å². The van der Waals surface area contributed by atoms with Crippen LogP contribution in [0, 0.1) is 34.0 Å². The molecule has 15 nitrogen and oxygen atoms in total.